The van der Waals surface area contributed by atoms with Crippen LogP contribution in [0.5, 0.6) is 0 Å². The second-order valence-corrected chi connectivity index (χ2v) is 17.4. The number of aliphatic hydroxyl groups excluding tert-OH is 3. The third-order valence-electron chi connectivity index (χ3n) is 12.9. The quantitative estimate of drug-likeness (QED) is 0.281. The van der Waals surface area contributed by atoms with Crippen molar-refractivity contribution >= 4 is 11.8 Å². The minimum Gasteiger partial charge on any atom is -0.461 e. The van der Waals surface area contributed by atoms with Gasteiger partial charge < -0.3 is 53.7 Å². The molecule has 13 heteroatoms. The van der Waals surface area contributed by atoms with Gasteiger partial charge in [-0.3, -0.25) is 9.59 Å². The summed E-state index contributed by atoms with van der Waals surface area (Å²) in [5, 5.41) is 46.5. The first-order valence-corrected chi connectivity index (χ1v) is 19.5. The average molecular weight is 744 g/mol. The number of likely N-dealkylation sites (N-methyl/N-ethyl adjacent to an activating group) is 1. The maximum Gasteiger partial charge on any atom is 0.311 e. The van der Waals surface area contributed by atoms with Crippen molar-refractivity contribution < 1.29 is 58.4 Å². The van der Waals surface area contributed by atoms with E-state index in [0.29, 0.717) is 6.42 Å². The van der Waals surface area contributed by atoms with Crippen LogP contribution < -0.4 is 0 Å². The van der Waals surface area contributed by atoms with Crippen LogP contribution in [0.4, 0.5) is 0 Å². The summed E-state index contributed by atoms with van der Waals surface area (Å²) < 4.78 is 37.8. The van der Waals surface area contributed by atoms with Gasteiger partial charge >= 0.3 is 5.97 Å². The minimum absolute atomic E-state index is 0.0374. The number of ether oxygens (including phenoxy) is 6. The molecule has 0 bridgehead atoms. The molecule has 0 aromatic heterocycles. The van der Waals surface area contributed by atoms with Gasteiger partial charge in [0.2, 0.25) is 0 Å². The zero-order valence-corrected chi connectivity index (χ0v) is 33.6. The average Bonchev–Trinajstić information content (AvgIpc) is 3.05. The summed E-state index contributed by atoms with van der Waals surface area (Å²) in [6.07, 6.45) is -5.50. The van der Waals surface area contributed by atoms with Gasteiger partial charge in [0.15, 0.2) is 12.6 Å². The summed E-state index contributed by atoms with van der Waals surface area (Å²) in [6, 6.07) is -0.294. The first-order valence-electron chi connectivity index (χ1n) is 19.5. The molecule has 4 N–H and O–H groups in total. The molecule has 0 amide bonds. The Morgan fingerprint density at radius 2 is 1.48 bits per heavy atom. The number of esters is 1. The minimum atomic E-state index is -1.72. The number of hydrogen-bond donors (Lipinski definition) is 4. The van der Waals surface area contributed by atoms with Crippen molar-refractivity contribution in [3.8, 4) is 0 Å². The number of Topliss-reactive ketones (excluding diaryl/α,β-unsaturated/α-hetero) is 1. The third kappa shape index (κ3) is 9.22. The molecule has 4 fully saturated rings. The second-order valence-electron chi connectivity index (χ2n) is 17.4. The summed E-state index contributed by atoms with van der Waals surface area (Å²) in [7, 11) is 5.26. The number of methoxy groups -OCH3 is 1. The Hall–Kier alpha value is -1.26. The highest BCUT2D eigenvalue weighted by atomic mass is 16.7. The summed E-state index contributed by atoms with van der Waals surface area (Å²) in [5.74, 6) is -4.41. The zero-order valence-electron chi connectivity index (χ0n) is 33.6. The predicted octanol–water partition coefficient (Wildman–Crippen LogP) is 3.06. The van der Waals surface area contributed by atoms with Crippen molar-refractivity contribution in [3.05, 3.63) is 0 Å². The Balaban J connectivity index is 1.81. The normalized spacial score (nSPS) is 49.2. The Morgan fingerprint density at radius 3 is 2.04 bits per heavy atom. The molecule has 302 valence electrons. The molecule has 13 nitrogen and oxygen atoms in total. The highest BCUT2D eigenvalue weighted by molar-refractivity contribution is 5.83. The van der Waals surface area contributed by atoms with Crippen LogP contribution in [-0.4, -0.2) is 137 Å². The summed E-state index contributed by atoms with van der Waals surface area (Å²) >= 11 is 0. The fourth-order valence-corrected chi connectivity index (χ4v) is 9.16. The van der Waals surface area contributed by atoms with E-state index in [0.717, 1.165) is 19.3 Å². The second kappa shape index (κ2) is 17.3. The third-order valence-corrected chi connectivity index (χ3v) is 12.9. The van der Waals surface area contributed by atoms with Gasteiger partial charge in [0.25, 0.3) is 0 Å². The fourth-order valence-electron chi connectivity index (χ4n) is 9.16. The van der Waals surface area contributed by atoms with Gasteiger partial charge in [-0.1, -0.05) is 34.1 Å². The number of carbonyl (C=O) groups is 2. The Bertz CT molecular complexity index is 1200. The topological polar surface area (TPSA) is 174 Å². The van der Waals surface area contributed by atoms with E-state index in [9.17, 15) is 30.0 Å². The van der Waals surface area contributed by atoms with E-state index < -0.39 is 102 Å². The van der Waals surface area contributed by atoms with Gasteiger partial charge in [0.1, 0.15) is 24.1 Å². The predicted molar refractivity (Wildman–Crippen MR) is 192 cm³/mol. The van der Waals surface area contributed by atoms with Crippen molar-refractivity contribution in [3.63, 3.8) is 0 Å². The van der Waals surface area contributed by atoms with Crippen LogP contribution in [0.15, 0.2) is 0 Å². The molecule has 52 heavy (non-hydrogen) atoms. The van der Waals surface area contributed by atoms with E-state index >= 15 is 0 Å². The smallest absolute Gasteiger partial charge is 0.311 e. The molecular formula is C39H69NO12. The van der Waals surface area contributed by atoms with Crippen LogP contribution in [0.25, 0.3) is 0 Å². The van der Waals surface area contributed by atoms with Crippen molar-refractivity contribution in [1.29, 1.82) is 0 Å². The highest BCUT2D eigenvalue weighted by Gasteiger charge is 2.52. The molecule has 0 spiro atoms. The lowest BCUT2D eigenvalue weighted by molar-refractivity contribution is -0.317. The van der Waals surface area contributed by atoms with Crippen LogP contribution in [0.2, 0.25) is 0 Å². The largest absolute Gasteiger partial charge is 0.461 e. The first kappa shape index (κ1) is 43.5. The highest BCUT2D eigenvalue weighted by Crippen LogP contribution is 2.42. The Labute approximate surface area is 311 Å². The maximum atomic E-state index is 14.3. The first-order chi connectivity index (χ1) is 24.1. The number of hydrogen-bond acceptors (Lipinski definition) is 13. The molecule has 3 heterocycles. The monoisotopic (exact) mass is 743 g/mol. The molecule has 1 saturated carbocycles. The molecule has 4 rings (SSSR count). The number of rotatable bonds is 7. The van der Waals surface area contributed by atoms with Crippen LogP contribution in [0, 0.1) is 35.5 Å². The Kier molecular flexibility index (Phi) is 14.4. The molecule has 0 unspecified atom stereocenters. The standard InChI is InChI=1S/C39H69NO12/c1-19-17-38(8,46)35(52-37-31(43)27(40(10)11)16-20(2)48-37)23(5)32(50-28-18-39(9,47-12)34(44)25(7)49-28)24(6)36(45)51-33(26-14-13-15-26)22(4)30(42)21(3)29(19)41/h19-28,30-35,37,42-44,46H,13-18H2,1-12H3/t19-,20-,21+,22-,23+,24-,25+,27+,28+,30-,31-,32+,33+,34+,35-,37+,38+,39-/m1/s1. The van der Waals surface area contributed by atoms with Crippen molar-refractivity contribution in [2.45, 2.75) is 179 Å². The SMILES string of the molecule is CO[C@]1(C)C[C@H](O[C@H]2[C@H](C)[C@@H](O[C@@H]3O[C@H](C)C[C@H](N(C)C)[C@H]3O)[C@@](C)(O)C[C@@H](C)C(=O)[C@H](C)[C@@H](O)[C@@H](C)[C@@H](C3CCC3)OC(=O)[C@@H]2C)O[C@@H](C)[C@@H]1O. The fraction of sp³-hybridized carbons (Fsp3) is 0.949. The number of ketones is 1. The van der Waals surface area contributed by atoms with E-state index in [4.69, 9.17) is 28.4 Å². The summed E-state index contributed by atoms with van der Waals surface area (Å²) in [5.41, 5.74) is -2.73. The number of nitrogens with zero attached hydrogens (tertiary/aromatic N) is 1. The van der Waals surface area contributed by atoms with E-state index in [1.165, 1.54) is 7.11 Å². The van der Waals surface area contributed by atoms with Gasteiger partial charge in [0, 0.05) is 43.2 Å². The van der Waals surface area contributed by atoms with Gasteiger partial charge in [-0.15, -0.1) is 0 Å². The maximum absolute atomic E-state index is 14.3. The lowest BCUT2D eigenvalue weighted by Crippen LogP contribution is -2.60. The molecule has 3 saturated heterocycles. The van der Waals surface area contributed by atoms with Crippen LogP contribution in [-0.2, 0) is 38.0 Å². The van der Waals surface area contributed by atoms with Crippen molar-refractivity contribution in [2.24, 2.45) is 35.5 Å². The van der Waals surface area contributed by atoms with E-state index in [1.807, 2.05) is 39.8 Å². The molecule has 3 aliphatic heterocycles. The summed E-state index contributed by atoms with van der Waals surface area (Å²) in [6.45, 7) is 15.8. The van der Waals surface area contributed by atoms with Crippen LogP contribution in [0.3, 0.4) is 0 Å². The molecule has 0 radical (unpaired) electrons. The van der Waals surface area contributed by atoms with Crippen LogP contribution in [0.1, 0.15) is 101 Å². The van der Waals surface area contributed by atoms with E-state index in [-0.39, 0.29) is 36.7 Å². The van der Waals surface area contributed by atoms with E-state index in [1.54, 1.807) is 41.5 Å². The lowest BCUT2D eigenvalue weighted by Gasteiger charge is -2.49. The Morgan fingerprint density at radius 1 is 0.846 bits per heavy atom. The van der Waals surface area contributed by atoms with Gasteiger partial charge in [-0.25, -0.2) is 0 Å². The van der Waals surface area contributed by atoms with Crippen molar-refractivity contribution in [2.75, 3.05) is 21.2 Å². The molecule has 1 aliphatic carbocycles. The zero-order chi connectivity index (χ0) is 39.0. The van der Waals surface area contributed by atoms with Gasteiger partial charge in [-0.2, -0.15) is 0 Å². The number of cyclic esters (lactones) is 1. The molecular weight excluding hydrogens is 674 g/mol. The number of aliphatic hydroxyl groups is 4. The lowest BCUT2D eigenvalue weighted by atomic mass is 9.71. The van der Waals surface area contributed by atoms with Gasteiger partial charge in [-0.05, 0) is 80.3 Å². The molecule has 0 aromatic carbocycles. The molecule has 4 aliphatic rings. The molecule has 0 aromatic rings. The van der Waals surface area contributed by atoms with Crippen molar-refractivity contribution in [1.82, 2.24) is 4.90 Å². The van der Waals surface area contributed by atoms with Gasteiger partial charge in [0.05, 0.1) is 47.6 Å². The van der Waals surface area contributed by atoms with E-state index in [2.05, 4.69) is 0 Å². The molecule has 18 atom stereocenters. The summed E-state index contributed by atoms with van der Waals surface area (Å²) in [4.78, 5) is 30.2. The van der Waals surface area contributed by atoms with Crippen LogP contribution >= 0.6 is 0 Å². The number of carbonyl (C=O) groups excluding carboxylic acids is 2.